The van der Waals surface area contributed by atoms with Crippen molar-refractivity contribution in [2.75, 3.05) is 56.1 Å². The second-order valence-corrected chi connectivity index (χ2v) is 18.2. The van der Waals surface area contributed by atoms with Crippen LogP contribution in [0.3, 0.4) is 0 Å². The molecular weight excluding hydrogens is 800 g/mol. The zero-order valence-electron chi connectivity index (χ0n) is 34.9. The van der Waals surface area contributed by atoms with E-state index in [2.05, 4.69) is 54.3 Å². The Labute approximate surface area is 359 Å². The van der Waals surface area contributed by atoms with E-state index in [1.54, 1.807) is 48.5 Å². The molecule has 16 heteroatoms. The lowest BCUT2D eigenvalue weighted by Gasteiger charge is -2.63. The lowest BCUT2D eigenvalue weighted by atomic mass is 9.49. The zero-order chi connectivity index (χ0) is 43.5. The molecule has 3 aromatic rings. The van der Waals surface area contributed by atoms with Crippen LogP contribution in [0, 0.1) is 28.1 Å². The van der Waals surface area contributed by atoms with Crippen LogP contribution in [0.25, 0.3) is 0 Å². The van der Waals surface area contributed by atoms with Gasteiger partial charge in [-0.2, -0.15) is 5.26 Å². The fourth-order valence-electron chi connectivity index (χ4n) is 10.1. The number of hydrazine groups is 1. The molecule has 4 fully saturated rings. The highest BCUT2D eigenvalue weighted by atomic mass is 35.5. The molecule has 0 bridgehead atoms. The van der Waals surface area contributed by atoms with Crippen LogP contribution in [0.2, 0.25) is 5.02 Å². The fraction of sp³-hybridized carbons (Fsp3) is 0.444. The third-order valence-corrected chi connectivity index (χ3v) is 13.6. The van der Waals surface area contributed by atoms with Crippen LogP contribution in [0.4, 0.5) is 11.4 Å². The van der Waals surface area contributed by atoms with Crippen LogP contribution < -0.4 is 25.2 Å². The maximum Gasteiger partial charge on any atom is 0.262 e. The van der Waals surface area contributed by atoms with Crippen molar-refractivity contribution in [2.45, 2.75) is 65.1 Å². The van der Waals surface area contributed by atoms with Gasteiger partial charge in [0, 0.05) is 92.6 Å². The van der Waals surface area contributed by atoms with Gasteiger partial charge < -0.3 is 19.9 Å². The Balaban J connectivity index is 0.817. The molecule has 15 nitrogen and oxygen atoms in total. The Morgan fingerprint density at radius 1 is 0.852 bits per heavy atom. The number of imide groups is 2. The summed E-state index contributed by atoms with van der Waals surface area (Å²) >= 11 is 6.25. The molecule has 1 unspecified atom stereocenters. The summed E-state index contributed by atoms with van der Waals surface area (Å²) in [7, 11) is 1.80. The molecule has 2 atom stereocenters. The Morgan fingerprint density at radius 2 is 1.52 bits per heavy atom. The number of amides is 6. The van der Waals surface area contributed by atoms with E-state index in [0.29, 0.717) is 67.6 Å². The van der Waals surface area contributed by atoms with E-state index in [0.717, 1.165) is 16.3 Å². The molecule has 0 aromatic heterocycles. The minimum Gasteiger partial charge on any atom is -0.489 e. The minimum atomic E-state index is -1.03. The topological polar surface area (TPSA) is 176 Å². The summed E-state index contributed by atoms with van der Waals surface area (Å²) in [5.41, 5.74) is 2.32. The van der Waals surface area contributed by atoms with Gasteiger partial charge in [-0.3, -0.25) is 44.0 Å². The van der Waals surface area contributed by atoms with Crippen LogP contribution >= 0.6 is 11.6 Å². The Hall–Kier alpha value is -5.98. The van der Waals surface area contributed by atoms with Gasteiger partial charge >= 0.3 is 0 Å². The number of rotatable bonds is 9. The van der Waals surface area contributed by atoms with Crippen molar-refractivity contribution in [3.8, 4) is 11.8 Å². The normalized spacial score (nSPS) is 24.4. The van der Waals surface area contributed by atoms with Crippen LogP contribution in [0.1, 0.15) is 83.6 Å². The van der Waals surface area contributed by atoms with Crippen molar-refractivity contribution in [1.29, 1.82) is 5.26 Å². The number of fused-ring (bicyclic) bond motifs is 1. The molecule has 5 aliphatic rings. The molecule has 6 amide bonds. The molecule has 8 rings (SSSR count). The molecule has 0 radical (unpaired) electrons. The number of carbonyl (C=O) groups excluding carboxylic acids is 6. The first kappa shape index (κ1) is 41.7. The molecule has 4 heterocycles. The molecule has 61 heavy (non-hydrogen) atoms. The molecule has 2 N–H and O–H groups in total. The van der Waals surface area contributed by atoms with Gasteiger partial charge in [0.1, 0.15) is 24.0 Å². The van der Waals surface area contributed by atoms with Crippen LogP contribution in [-0.4, -0.2) is 115 Å². The van der Waals surface area contributed by atoms with E-state index in [1.165, 1.54) is 0 Å². The second kappa shape index (κ2) is 15.8. The monoisotopic (exact) mass is 848 g/mol. The Kier molecular flexibility index (Phi) is 10.8. The second-order valence-electron chi connectivity index (χ2n) is 17.8. The highest BCUT2D eigenvalue weighted by molar-refractivity contribution is 6.31. The first-order valence-electron chi connectivity index (χ1n) is 20.6. The van der Waals surface area contributed by atoms with Crippen molar-refractivity contribution >= 4 is 58.4 Å². The molecule has 3 aromatic carbocycles. The SMILES string of the molecule is CN(C(=O)[C@@H]1CCN(c2ccc3c(c2)C(=O)N(C2CCC(=O)NC2=O)C3=O)C1)N1CCN(c2ccc(C(=O)NC3C(C)(C)C(Oc4ccc(C#N)c(Cl)c4)C3(C)C)cc2)CC1. The van der Waals surface area contributed by atoms with E-state index in [1.807, 2.05) is 29.2 Å². The van der Waals surface area contributed by atoms with Gasteiger partial charge in [0.05, 0.1) is 27.6 Å². The van der Waals surface area contributed by atoms with E-state index in [4.69, 9.17) is 16.3 Å². The number of anilines is 2. The lowest BCUT2D eigenvalue weighted by molar-refractivity contribution is -0.164. The molecule has 4 aliphatic heterocycles. The van der Waals surface area contributed by atoms with E-state index in [9.17, 15) is 34.0 Å². The predicted octanol–water partition coefficient (Wildman–Crippen LogP) is 4.25. The average Bonchev–Trinajstić information content (AvgIpc) is 3.84. The number of hydrogen-bond donors (Lipinski definition) is 2. The first-order chi connectivity index (χ1) is 29.0. The van der Waals surface area contributed by atoms with Crippen molar-refractivity contribution in [3.05, 3.63) is 87.9 Å². The number of halogens is 1. The van der Waals surface area contributed by atoms with Gasteiger partial charge in [0.15, 0.2) is 0 Å². The molecular formula is C45H49ClN8O7. The van der Waals surface area contributed by atoms with Crippen molar-refractivity contribution < 1.29 is 33.5 Å². The number of nitrogens with zero attached hydrogens (tertiary/aromatic N) is 6. The van der Waals surface area contributed by atoms with Crippen molar-refractivity contribution in [1.82, 2.24) is 25.6 Å². The summed E-state index contributed by atoms with van der Waals surface area (Å²) in [6, 6.07) is 18.5. The fourth-order valence-corrected chi connectivity index (χ4v) is 10.4. The lowest BCUT2D eigenvalue weighted by Crippen LogP contribution is -2.74. The third kappa shape index (κ3) is 7.46. The summed E-state index contributed by atoms with van der Waals surface area (Å²) < 4.78 is 6.37. The smallest absolute Gasteiger partial charge is 0.262 e. The number of hydrogen-bond acceptors (Lipinski definition) is 11. The summed E-state index contributed by atoms with van der Waals surface area (Å²) in [5.74, 6) is -2.02. The number of piperidine rings is 1. The van der Waals surface area contributed by atoms with E-state index >= 15 is 0 Å². The highest BCUT2D eigenvalue weighted by Crippen LogP contribution is 2.55. The van der Waals surface area contributed by atoms with Gasteiger partial charge in [-0.15, -0.1) is 0 Å². The standard InChI is InChI=1S/C45H49ClN8O7/c1-44(2)42(45(3,4)43(44)61-31-12-8-27(24-47)34(46)23-31)49-37(56)26-6-9-29(10-7-26)51-18-20-53(21-19-51)50(5)39(58)28-16-17-52(25-28)30-11-13-32-33(22-30)41(60)54(40(32)59)35-14-15-36(55)48-38(35)57/h6-13,22-23,28,35,42-43H,14-21,25H2,1-5H3,(H,49,56)(H,48,55,57)/t28-,35?,42?,43?/m1/s1. The number of nitriles is 1. The Bertz CT molecular complexity index is 2350. The van der Waals surface area contributed by atoms with Gasteiger partial charge in [0.25, 0.3) is 17.7 Å². The Morgan fingerprint density at radius 3 is 2.18 bits per heavy atom. The summed E-state index contributed by atoms with van der Waals surface area (Å²) in [4.78, 5) is 83.2. The largest absolute Gasteiger partial charge is 0.489 e. The molecule has 318 valence electrons. The van der Waals surface area contributed by atoms with Crippen LogP contribution in [-0.2, 0) is 14.4 Å². The van der Waals surface area contributed by atoms with Crippen LogP contribution in [0.15, 0.2) is 60.7 Å². The molecule has 1 aliphatic carbocycles. The number of benzene rings is 3. The van der Waals surface area contributed by atoms with E-state index < -0.39 is 29.7 Å². The quantitative estimate of drug-likeness (QED) is 0.295. The predicted molar refractivity (Wildman–Crippen MR) is 226 cm³/mol. The van der Waals surface area contributed by atoms with E-state index in [-0.39, 0.29) is 64.7 Å². The maximum absolute atomic E-state index is 13.8. The maximum atomic E-state index is 13.8. The number of nitrogens with one attached hydrogen (secondary N) is 2. The van der Waals surface area contributed by atoms with Crippen molar-refractivity contribution in [2.24, 2.45) is 16.7 Å². The summed E-state index contributed by atoms with van der Waals surface area (Å²) in [6.45, 7) is 12.0. The van der Waals surface area contributed by atoms with Gasteiger partial charge in [-0.05, 0) is 67.4 Å². The zero-order valence-corrected chi connectivity index (χ0v) is 35.6. The van der Waals surface area contributed by atoms with Gasteiger partial charge in [-0.25, -0.2) is 5.01 Å². The minimum absolute atomic E-state index is 0.0112. The van der Waals surface area contributed by atoms with Gasteiger partial charge in [0.2, 0.25) is 17.7 Å². The molecule has 3 saturated heterocycles. The first-order valence-corrected chi connectivity index (χ1v) is 21.0. The number of ether oxygens (including phenoxy) is 1. The van der Waals surface area contributed by atoms with Gasteiger partial charge in [-0.1, -0.05) is 39.3 Å². The number of carbonyl (C=O) groups is 6. The molecule has 1 saturated carbocycles. The van der Waals surface area contributed by atoms with Crippen molar-refractivity contribution in [3.63, 3.8) is 0 Å². The number of piperazine rings is 1. The summed E-state index contributed by atoms with van der Waals surface area (Å²) in [6.07, 6.45) is 0.565. The average molecular weight is 849 g/mol. The molecule has 0 spiro atoms. The summed E-state index contributed by atoms with van der Waals surface area (Å²) in [5, 5.41) is 18.8. The highest BCUT2D eigenvalue weighted by Gasteiger charge is 2.64. The van der Waals surface area contributed by atoms with Crippen LogP contribution in [0.5, 0.6) is 5.75 Å². The third-order valence-electron chi connectivity index (χ3n) is 13.2.